The second-order valence-electron chi connectivity index (χ2n) is 4.06. The molecular weight excluding hydrogens is 371 g/mol. The fraction of sp³-hybridized carbons (Fsp3) is 0. The van der Waals surface area contributed by atoms with Crippen LogP contribution in [0, 0.1) is 3.57 Å². The van der Waals surface area contributed by atoms with Gasteiger partial charge in [-0.25, -0.2) is 0 Å². The lowest BCUT2D eigenvalue weighted by atomic mass is 10.1. The molecule has 4 N–H and O–H groups in total. The Hall–Kier alpha value is -2.09. The molecule has 0 aromatic heterocycles. The molecule has 0 saturated carbocycles. The second kappa shape index (κ2) is 5.91. The third-order valence-corrected chi connectivity index (χ3v) is 3.30. The van der Waals surface area contributed by atoms with Crippen LogP contribution in [-0.4, -0.2) is 16.9 Å². The van der Waals surface area contributed by atoms with Gasteiger partial charge in [-0.15, -0.1) is 0 Å². The number of carbonyl (C=O) groups excluding carboxylic acids is 2. The van der Waals surface area contributed by atoms with E-state index in [1.54, 1.807) is 24.3 Å². The first-order valence-corrected chi connectivity index (χ1v) is 6.75. The summed E-state index contributed by atoms with van der Waals surface area (Å²) in [6.07, 6.45) is 0. The molecule has 2 aromatic rings. The van der Waals surface area contributed by atoms with Crippen molar-refractivity contribution in [1.82, 2.24) is 0 Å². The maximum atomic E-state index is 12.0. The van der Waals surface area contributed by atoms with Crippen molar-refractivity contribution in [2.45, 2.75) is 0 Å². The molecule has 0 heterocycles. The van der Waals surface area contributed by atoms with E-state index in [9.17, 15) is 14.7 Å². The number of amides is 2. The summed E-state index contributed by atoms with van der Waals surface area (Å²) in [4.78, 5) is 23.0. The van der Waals surface area contributed by atoms with E-state index in [4.69, 9.17) is 5.73 Å². The third-order valence-electron chi connectivity index (χ3n) is 2.63. The van der Waals surface area contributed by atoms with E-state index in [0.717, 1.165) is 3.57 Å². The van der Waals surface area contributed by atoms with Gasteiger partial charge in [0.15, 0.2) is 0 Å². The van der Waals surface area contributed by atoms with Gasteiger partial charge < -0.3 is 16.2 Å². The van der Waals surface area contributed by atoms with Gasteiger partial charge in [-0.2, -0.15) is 0 Å². The molecule has 0 bridgehead atoms. The molecule has 0 fully saturated rings. The Bertz CT molecular complexity index is 669. The van der Waals surface area contributed by atoms with Crippen LogP contribution >= 0.6 is 22.6 Å². The van der Waals surface area contributed by atoms with Crippen LogP contribution in [-0.2, 0) is 0 Å². The van der Waals surface area contributed by atoms with E-state index in [-0.39, 0.29) is 11.3 Å². The first-order chi connectivity index (χ1) is 9.47. The Morgan fingerprint density at radius 2 is 1.75 bits per heavy atom. The minimum atomic E-state index is -0.530. The predicted molar refractivity (Wildman–Crippen MR) is 83.7 cm³/mol. The summed E-state index contributed by atoms with van der Waals surface area (Å²) in [5.74, 6) is -1.04. The molecule has 0 unspecified atom stereocenters. The topological polar surface area (TPSA) is 92.4 Å². The van der Waals surface area contributed by atoms with Crippen LogP contribution in [0.2, 0.25) is 0 Å². The van der Waals surface area contributed by atoms with E-state index in [1.165, 1.54) is 18.2 Å². The summed E-state index contributed by atoms with van der Waals surface area (Å²) in [6.45, 7) is 0. The number of primary amides is 1. The van der Waals surface area contributed by atoms with E-state index < -0.39 is 11.8 Å². The number of anilines is 1. The standard InChI is InChI=1S/C14H11IN2O3/c15-9-3-6-12(18)11(7-9)14(20)17-10-4-1-8(2-5-10)13(16)19/h1-7,18H,(H2,16,19)(H,17,20). The number of halogens is 1. The van der Waals surface area contributed by atoms with Crippen molar-refractivity contribution < 1.29 is 14.7 Å². The van der Waals surface area contributed by atoms with Gasteiger partial charge >= 0.3 is 0 Å². The zero-order chi connectivity index (χ0) is 14.7. The van der Waals surface area contributed by atoms with Gasteiger partial charge in [0.1, 0.15) is 5.75 Å². The van der Waals surface area contributed by atoms with Crippen molar-refractivity contribution in [2.24, 2.45) is 5.73 Å². The first kappa shape index (κ1) is 14.3. The van der Waals surface area contributed by atoms with E-state index in [1.807, 2.05) is 0 Å². The van der Waals surface area contributed by atoms with Crippen molar-refractivity contribution in [3.63, 3.8) is 0 Å². The summed E-state index contributed by atoms with van der Waals surface area (Å²) >= 11 is 2.06. The van der Waals surface area contributed by atoms with Gasteiger partial charge in [-0.3, -0.25) is 9.59 Å². The Morgan fingerprint density at radius 1 is 1.10 bits per heavy atom. The Balaban J connectivity index is 2.19. The van der Waals surface area contributed by atoms with E-state index >= 15 is 0 Å². The Morgan fingerprint density at radius 3 is 2.35 bits per heavy atom. The van der Waals surface area contributed by atoms with E-state index in [2.05, 4.69) is 27.9 Å². The highest BCUT2D eigenvalue weighted by Crippen LogP contribution is 2.21. The minimum Gasteiger partial charge on any atom is -0.507 e. The highest BCUT2D eigenvalue weighted by Gasteiger charge is 2.12. The number of hydrogen-bond acceptors (Lipinski definition) is 3. The van der Waals surface area contributed by atoms with Gasteiger partial charge in [0.05, 0.1) is 5.56 Å². The van der Waals surface area contributed by atoms with Crippen molar-refractivity contribution in [1.29, 1.82) is 0 Å². The first-order valence-electron chi connectivity index (χ1n) is 5.67. The number of carbonyl (C=O) groups is 2. The van der Waals surface area contributed by atoms with Gasteiger partial charge in [-0.05, 0) is 65.1 Å². The summed E-state index contributed by atoms with van der Waals surface area (Å²) in [7, 11) is 0. The average molecular weight is 382 g/mol. The van der Waals surface area contributed by atoms with Crippen molar-refractivity contribution in [2.75, 3.05) is 5.32 Å². The molecule has 2 amide bonds. The highest BCUT2D eigenvalue weighted by atomic mass is 127. The van der Waals surface area contributed by atoms with Crippen LogP contribution < -0.4 is 11.1 Å². The number of nitrogens with one attached hydrogen (secondary N) is 1. The number of nitrogens with two attached hydrogens (primary N) is 1. The van der Waals surface area contributed by atoms with Crippen LogP contribution in [0.15, 0.2) is 42.5 Å². The largest absolute Gasteiger partial charge is 0.507 e. The smallest absolute Gasteiger partial charge is 0.259 e. The Kier molecular flexibility index (Phi) is 4.23. The quantitative estimate of drug-likeness (QED) is 0.712. The van der Waals surface area contributed by atoms with Crippen LogP contribution in [0.4, 0.5) is 5.69 Å². The van der Waals surface area contributed by atoms with Crippen molar-refractivity contribution in [3.8, 4) is 5.75 Å². The molecule has 2 rings (SSSR count). The lowest BCUT2D eigenvalue weighted by molar-refractivity contribution is 0.0998. The highest BCUT2D eigenvalue weighted by molar-refractivity contribution is 14.1. The van der Waals surface area contributed by atoms with Crippen molar-refractivity contribution >= 4 is 40.1 Å². The molecule has 0 aliphatic carbocycles. The number of phenols is 1. The summed E-state index contributed by atoms with van der Waals surface area (Å²) in [5.41, 5.74) is 6.20. The second-order valence-corrected chi connectivity index (χ2v) is 5.30. The molecule has 2 aromatic carbocycles. The molecule has 0 saturated heterocycles. The van der Waals surface area contributed by atoms with Crippen molar-refractivity contribution in [3.05, 3.63) is 57.2 Å². The lowest BCUT2D eigenvalue weighted by Crippen LogP contribution is -2.13. The van der Waals surface area contributed by atoms with Crippen LogP contribution in [0.5, 0.6) is 5.75 Å². The molecule has 20 heavy (non-hydrogen) atoms. The molecule has 0 aliphatic heterocycles. The maximum Gasteiger partial charge on any atom is 0.259 e. The monoisotopic (exact) mass is 382 g/mol. The zero-order valence-corrected chi connectivity index (χ0v) is 12.4. The molecule has 0 spiro atoms. The molecule has 5 nitrogen and oxygen atoms in total. The van der Waals surface area contributed by atoms with Crippen LogP contribution in [0.1, 0.15) is 20.7 Å². The molecule has 6 heteroatoms. The Labute approximate surface area is 128 Å². The van der Waals surface area contributed by atoms with Gasteiger partial charge in [0, 0.05) is 14.8 Å². The number of phenolic OH excluding ortho intramolecular Hbond substituents is 1. The normalized spacial score (nSPS) is 10.1. The maximum absolute atomic E-state index is 12.0. The molecule has 102 valence electrons. The fourth-order valence-corrected chi connectivity index (χ4v) is 2.10. The number of benzene rings is 2. The molecule has 0 atom stereocenters. The summed E-state index contributed by atoms with van der Waals surface area (Å²) in [6, 6.07) is 10.9. The third kappa shape index (κ3) is 3.27. The van der Waals surface area contributed by atoms with Crippen LogP contribution in [0.3, 0.4) is 0 Å². The number of hydrogen-bond donors (Lipinski definition) is 3. The fourth-order valence-electron chi connectivity index (χ4n) is 1.61. The lowest BCUT2D eigenvalue weighted by Gasteiger charge is -2.07. The zero-order valence-electron chi connectivity index (χ0n) is 10.3. The minimum absolute atomic E-state index is 0.0864. The van der Waals surface area contributed by atoms with Gasteiger partial charge in [0.2, 0.25) is 5.91 Å². The summed E-state index contributed by atoms with van der Waals surface area (Å²) in [5, 5.41) is 12.3. The number of aromatic hydroxyl groups is 1. The van der Waals surface area contributed by atoms with Crippen LogP contribution in [0.25, 0.3) is 0 Å². The SMILES string of the molecule is NC(=O)c1ccc(NC(=O)c2cc(I)ccc2O)cc1. The van der Waals surface area contributed by atoms with Gasteiger partial charge in [0.25, 0.3) is 5.91 Å². The average Bonchev–Trinajstić information content (AvgIpc) is 2.42. The predicted octanol–water partition coefficient (Wildman–Crippen LogP) is 2.35. The summed E-state index contributed by atoms with van der Waals surface area (Å²) < 4.78 is 0.842. The molecule has 0 radical (unpaired) electrons. The number of rotatable bonds is 3. The van der Waals surface area contributed by atoms with E-state index in [0.29, 0.717) is 11.3 Å². The molecule has 0 aliphatic rings. The van der Waals surface area contributed by atoms with Gasteiger partial charge in [-0.1, -0.05) is 0 Å². The molecular formula is C14H11IN2O3.